The van der Waals surface area contributed by atoms with Crippen LogP contribution in [0.3, 0.4) is 0 Å². The van der Waals surface area contributed by atoms with Crippen LogP contribution in [0.1, 0.15) is 26.3 Å². The van der Waals surface area contributed by atoms with Crippen molar-refractivity contribution in [3.8, 4) is 0 Å². The van der Waals surface area contributed by atoms with Crippen LogP contribution in [0.25, 0.3) is 0 Å². The van der Waals surface area contributed by atoms with Crippen molar-refractivity contribution in [1.82, 2.24) is 0 Å². The molecule has 0 saturated carbocycles. The Morgan fingerprint density at radius 1 is 1.26 bits per heavy atom. The quantitative estimate of drug-likeness (QED) is 0.364. The van der Waals surface area contributed by atoms with Crippen LogP contribution in [-0.4, -0.2) is 19.0 Å². The molecule has 0 aliphatic heterocycles. The Balaban J connectivity index is 2.31. The van der Waals surface area contributed by atoms with Crippen molar-refractivity contribution >= 4 is 67.7 Å². The molecule has 2 rings (SSSR count). The Labute approximate surface area is 160 Å². The third-order valence-corrected chi connectivity index (χ3v) is 4.85. The molecule has 0 bridgehead atoms. The Morgan fingerprint density at radius 2 is 1.91 bits per heavy atom. The van der Waals surface area contributed by atoms with Crippen molar-refractivity contribution in [2.45, 2.75) is 5.33 Å². The largest absolute Gasteiger partial charge is 0.465 e. The summed E-state index contributed by atoms with van der Waals surface area (Å²) in [6.07, 6.45) is 0. The zero-order chi connectivity index (χ0) is 17.0. The zero-order valence-corrected chi connectivity index (χ0v) is 16.5. The fourth-order valence-electron chi connectivity index (χ4n) is 1.92. The number of rotatable bonds is 4. The number of halogens is 3. The number of amides is 1. The molecule has 0 saturated heterocycles. The summed E-state index contributed by atoms with van der Waals surface area (Å²) in [5.74, 6) is -0.654. The molecule has 0 spiro atoms. The van der Waals surface area contributed by atoms with Gasteiger partial charge >= 0.3 is 5.97 Å². The normalized spacial score (nSPS) is 10.3. The summed E-state index contributed by atoms with van der Waals surface area (Å²) in [5, 5.41) is 3.88. The van der Waals surface area contributed by atoms with E-state index >= 15 is 0 Å². The van der Waals surface area contributed by atoms with Gasteiger partial charge in [-0.1, -0.05) is 27.5 Å². The molecule has 0 fully saturated rings. The summed E-state index contributed by atoms with van der Waals surface area (Å²) >= 11 is 11.2. The van der Waals surface area contributed by atoms with Gasteiger partial charge in [-0.25, -0.2) is 4.79 Å². The molecule has 0 unspecified atom stereocenters. The second-order valence-electron chi connectivity index (χ2n) is 4.58. The first-order valence-electron chi connectivity index (χ1n) is 6.50. The van der Waals surface area contributed by atoms with E-state index in [-0.39, 0.29) is 5.91 Å². The van der Waals surface area contributed by atoms with Crippen molar-refractivity contribution < 1.29 is 14.3 Å². The second-order valence-corrected chi connectivity index (χ2v) is 6.73. The fraction of sp³-hybridized carbons (Fsp3) is 0.125. The minimum absolute atomic E-state index is 0.245. The Bertz CT molecular complexity index is 750. The molecule has 2 aromatic carbocycles. The number of methoxy groups -OCH3 is 1. The highest BCUT2D eigenvalue weighted by molar-refractivity contribution is 14.1. The van der Waals surface area contributed by atoms with E-state index in [0.717, 1.165) is 9.13 Å². The summed E-state index contributed by atoms with van der Waals surface area (Å²) in [7, 11) is 1.34. The predicted molar refractivity (Wildman–Crippen MR) is 103 cm³/mol. The van der Waals surface area contributed by atoms with Crippen LogP contribution in [0.4, 0.5) is 5.69 Å². The smallest absolute Gasteiger partial charge is 0.338 e. The van der Waals surface area contributed by atoms with Gasteiger partial charge in [0.05, 0.1) is 18.4 Å². The van der Waals surface area contributed by atoms with Gasteiger partial charge in [0.15, 0.2) is 0 Å². The number of nitrogens with one attached hydrogen (secondary N) is 1. The van der Waals surface area contributed by atoms with Crippen molar-refractivity contribution in [2.24, 2.45) is 0 Å². The molecule has 4 nitrogen and oxygen atoms in total. The number of alkyl halides is 1. The average molecular weight is 509 g/mol. The van der Waals surface area contributed by atoms with Crippen molar-refractivity contribution in [3.63, 3.8) is 0 Å². The molecule has 1 amide bonds. The molecule has 120 valence electrons. The molecule has 0 aliphatic carbocycles. The van der Waals surface area contributed by atoms with Crippen LogP contribution >= 0.6 is 50.1 Å². The van der Waals surface area contributed by atoms with Gasteiger partial charge in [-0.15, -0.1) is 0 Å². The summed E-state index contributed by atoms with van der Waals surface area (Å²) in [6, 6.07) is 10.1. The Morgan fingerprint density at radius 3 is 2.48 bits per heavy atom. The number of anilines is 1. The van der Waals surface area contributed by atoms with Gasteiger partial charge in [0.25, 0.3) is 5.91 Å². The number of benzene rings is 2. The summed E-state index contributed by atoms with van der Waals surface area (Å²) in [5.41, 5.74) is 2.34. The van der Waals surface area contributed by atoms with Crippen LogP contribution in [0.5, 0.6) is 0 Å². The maximum absolute atomic E-state index is 12.3. The van der Waals surface area contributed by atoms with E-state index in [9.17, 15) is 9.59 Å². The standard InChI is InChI=1S/C16H12BrClINO3/c1-23-16(22)12-7-13(19)14(6-10(12)8-17)20-15(21)9-2-4-11(18)5-3-9/h2-7H,8H2,1H3,(H,20,21). The van der Waals surface area contributed by atoms with E-state index in [0.29, 0.717) is 27.2 Å². The number of hydrogen-bond acceptors (Lipinski definition) is 3. The molecular formula is C16H12BrClINO3. The minimum atomic E-state index is -0.409. The lowest BCUT2D eigenvalue weighted by Crippen LogP contribution is -2.14. The zero-order valence-electron chi connectivity index (χ0n) is 12.0. The monoisotopic (exact) mass is 507 g/mol. The lowest BCUT2D eigenvalue weighted by Gasteiger charge is -2.12. The number of hydrogen-bond donors (Lipinski definition) is 1. The van der Waals surface area contributed by atoms with Crippen LogP contribution in [-0.2, 0) is 10.1 Å². The van der Waals surface area contributed by atoms with Crippen LogP contribution in [0.15, 0.2) is 36.4 Å². The first-order chi connectivity index (χ1) is 11.0. The van der Waals surface area contributed by atoms with E-state index < -0.39 is 5.97 Å². The molecule has 0 aromatic heterocycles. The van der Waals surface area contributed by atoms with E-state index in [1.807, 2.05) is 0 Å². The lowest BCUT2D eigenvalue weighted by atomic mass is 10.1. The van der Waals surface area contributed by atoms with Crippen LogP contribution < -0.4 is 5.32 Å². The lowest BCUT2D eigenvalue weighted by molar-refractivity contribution is 0.0599. The number of esters is 1. The molecule has 1 N–H and O–H groups in total. The third kappa shape index (κ3) is 4.45. The fourth-order valence-corrected chi connectivity index (χ4v) is 3.11. The molecule has 0 heterocycles. The van der Waals surface area contributed by atoms with Gasteiger partial charge in [0.2, 0.25) is 0 Å². The SMILES string of the molecule is COC(=O)c1cc(I)c(NC(=O)c2ccc(Cl)cc2)cc1CBr. The molecule has 2 aromatic rings. The van der Waals surface area contributed by atoms with E-state index in [2.05, 4.69) is 43.8 Å². The molecule has 23 heavy (non-hydrogen) atoms. The maximum Gasteiger partial charge on any atom is 0.338 e. The average Bonchev–Trinajstić information content (AvgIpc) is 2.56. The molecule has 0 atom stereocenters. The highest BCUT2D eigenvalue weighted by Crippen LogP contribution is 2.26. The Kier molecular flexibility index (Phi) is 6.43. The van der Waals surface area contributed by atoms with E-state index in [4.69, 9.17) is 16.3 Å². The van der Waals surface area contributed by atoms with Gasteiger partial charge < -0.3 is 10.1 Å². The first-order valence-corrected chi connectivity index (χ1v) is 9.07. The van der Waals surface area contributed by atoms with E-state index in [1.165, 1.54) is 7.11 Å². The van der Waals surface area contributed by atoms with Crippen molar-refractivity contribution in [3.05, 3.63) is 61.7 Å². The van der Waals surface area contributed by atoms with Gasteiger partial charge in [-0.3, -0.25) is 4.79 Å². The van der Waals surface area contributed by atoms with Gasteiger partial charge in [-0.2, -0.15) is 0 Å². The predicted octanol–water partition coefficient (Wildman–Crippen LogP) is 4.88. The third-order valence-electron chi connectivity index (χ3n) is 3.10. The first kappa shape index (κ1) is 18.2. The molecule has 0 aliphatic rings. The number of ether oxygens (including phenoxy) is 1. The number of carbonyl (C=O) groups is 2. The van der Waals surface area contributed by atoms with Crippen molar-refractivity contribution in [1.29, 1.82) is 0 Å². The maximum atomic E-state index is 12.3. The molecular weight excluding hydrogens is 496 g/mol. The Hall–Kier alpha value is -1.12. The van der Waals surface area contributed by atoms with Gasteiger partial charge in [0, 0.05) is 19.5 Å². The summed E-state index contributed by atoms with van der Waals surface area (Å²) in [6.45, 7) is 0. The highest BCUT2D eigenvalue weighted by Gasteiger charge is 2.16. The van der Waals surface area contributed by atoms with Crippen LogP contribution in [0.2, 0.25) is 5.02 Å². The highest BCUT2D eigenvalue weighted by atomic mass is 127. The summed E-state index contributed by atoms with van der Waals surface area (Å²) < 4.78 is 5.52. The van der Waals surface area contributed by atoms with Crippen molar-refractivity contribution in [2.75, 3.05) is 12.4 Å². The topological polar surface area (TPSA) is 55.4 Å². The molecule has 7 heteroatoms. The molecule has 0 radical (unpaired) electrons. The van der Waals surface area contributed by atoms with Gasteiger partial charge in [0.1, 0.15) is 0 Å². The van der Waals surface area contributed by atoms with Crippen LogP contribution in [0, 0.1) is 3.57 Å². The minimum Gasteiger partial charge on any atom is -0.465 e. The van der Waals surface area contributed by atoms with Gasteiger partial charge in [-0.05, 0) is 64.6 Å². The van der Waals surface area contributed by atoms with E-state index in [1.54, 1.807) is 36.4 Å². The second kappa shape index (κ2) is 8.12. The number of carbonyl (C=O) groups excluding carboxylic acids is 2. The summed E-state index contributed by atoms with van der Waals surface area (Å²) in [4.78, 5) is 24.1.